The van der Waals surface area contributed by atoms with Crippen molar-refractivity contribution in [2.45, 2.75) is 6.10 Å². The maximum absolute atomic E-state index is 5.41. The summed E-state index contributed by atoms with van der Waals surface area (Å²) in [6.07, 6.45) is 2.75. The predicted molar refractivity (Wildman–Crippen MR) is 48.6 cm³/mol. The van der Waals surface area contributed by atoms with Crippen LogP contribution in [-0.2, 0) is 4.74 Å². The van der Waals surface area contributed by atoms with Gasteiger partial charge in [-0.1, -0.05) is 12.2 Å². The molecule has 0 spiro atoms. The molecular formula is C7H9N3OS. The van der Waals surface area contributed by atoms with Crippen LogP contribution in [0.25, 0.3) is 0 Å². The first-order valence-corrected chi connectivity index (χ1v) is 3.75. The lowest BCUT2D eigenvalue weighted by Gasteiger charge is -2.10. The van der Waals surface area contributed by atoms with Crippen LogP contribution in [0.2, 0.25) is 0 Å². The third kappa shape index (κ3) is 1.96. The normalized spacial score (nSPS) is 12.4. The standard InChI is InChI=1S/C7H9N3OS/c1-11-5(6(8)12)7-9-3-2-4-10-7/h2-5H,1H3,(H2,8,12). The second kappa shape index (κ2) is 4.08. The van der Waals surface area contributed by atoms with E-state index in [9.17, 15) is 0 Å². The molecule has 0 saturated carbocycles. The third-order valence-corrected chi connectivity index (χ3v) is 1.53. The SMILES string of the molecule is COC(C(N)=S)c1ncccn1. The van der Waals surface area contributed by atoms with E-state index in [1.807, 2.05) is 0 Å². The van der Waals surface area contributed by atoms with Crippen LogP contribution in [0.1, 0.15) is 11.9 Å². The van der Waals surface area contributed by atoms with E-state index in [1.54, 1.807) is 18.5 Å². The summed E-state index contributed by atoms with van der Waals surface area (Å²) in [7, 11) is 1.51. The van der Waals surface area contributed by atoms with E-state index >= 15 is 0 Å². The molecule has 0 fully saturated rings. The number of ether oxygens (including phenoxy) is 1. The van der Waals surface area contributed by atoms with Gasteiger partial charge in [-0.2, -0.15) is 0 Å². The number of rotatable bonds is 3. The van der Waals surface area contributed by atoms with Crippen molar-refractivity contribution < 1.29 is 4.74 Å². The highest BCUT2D eigenvalue weighted by Gasteiger charge is 2.15. The summed E-state index contributed by atoms with van der Waals surface area (Å²) in [6.45, 7) is 0. The molecule has 1 heterocycles. The fraction of sp³-hybridized carbons (Fsp3) is 0.286. The zero-order valence-electron chi connectivity index (χ0n) is 6.60. The van der Waals surface area contributed by atoms with Gasteiger partial charge in [0.1, 0.15) is 4.99 Å². The summed E-state index contributed by atoms with van der Waals surface area (Å²) < 4.78 is 5.01. The largest absolute Gasteiger partial charge is 0.391 e. The van der Waals surface area contributed by atoms with Gasteiger partial charge in [0, 0.05) is 19.5 Å². The van der Waals surface area contributed by atoms with Gasteiger partial charge in [0.05, 0.1) is 0 Å². The van der Waals surface area contributed by atoms with E-state index in [4.69, 9.17) is 22.7 Å². The molecule has 0 amide bonds. The summed E-state index contributed by atoms with van der Waals surface area (Å²) in [5.74, 6) is 0.493. The first kappa shape index (κ1) is 9.02. The molecule has 1 aromatic rings. The molecule has 0 bridgehead atoms. The summed E-state index contributed by atoms with van der Waals surface area (Å²) in [5, 5.41) is 0. The van der Waals surface area contributed by atoms with Crippen LogP contribution in [0.5, 0.6) is 0 Å². The Morgan fingerprint density at radius 2 is 2.17 bits per heavy atom. The zero-order valence-corrected chi connectivity index (χ0v) is 7.41. The second-order valence-electron chi connectivity index (χ2n) is 2.13. The van der Waals surface area contributed by atoms with E-state index in [0.29, 0.717) is 5.82 Å². The highest BCUT2D eigenvalue weighted by atomic mass is 32.1. The molecule has 0 aliphatic rings. The minimum absolute atomic E-state index is 0.240. The molecule has 12 heavy (non-hydrogen) atoms. The smallest absolute Gasteiger partial charge is 0.166 e. The van der Waals surface area contributed by atoms with Crippen LogP contribution < -0.4 is 5.73 Å². The fourth-order valence-corrected chi connectivity index (χ4v) is 0.996. The molecule has 1 unspecified atom stereocenters. The van der Waals surface area contributed by atoms with Gasteiger partial charge in [-0.25, -0.2) is 9.97 Å². The average Bonchev–Trinajstić information content (AvgIpc) is 2.07. The van der Waals surface area contributed by atoms with Crippen LogP contribution in [-0.4, -0.2) is 22.1 Å². The number of methoxy groups -OCH3 is 1. The molecule has 1 rings (SSSR count). The van der Waals surface area contributed by atoms with Crippen molar-refractivity contribution in [3.8, 4) is 0 Å². The minimum Gasteiger partial charge on any atom is -0.391 e. The van der Waals surface area contributed by atoms with Gasteiger partial charge >= 0.3 is 0 Å². The number of hydrogen-bond acceptors (Lipinski definition) is 4. The van der Waals surface area contributed by atoms with Gasteiger partial charge in [-0.3, -0.25) is 0 Å². The summed E-state index contributed by atoms with van der Waals surface area (Å²) in [4.78, 5) is 8.17. The van der Waals surface area contributed by atoms with Gasteiger partial charge in [-0.15, -0.1) is 0 Å². The third-order valence-electron chi connectivity index (χ3n) is 1.31. The minimum atomic E-state index is -0.485. The quantitative estimate of drug-likeness (QED) is 0.689. The lowest BCUT2D eigenvalue weighted by atomic mass is 10.3. The molecule has 5 heteroatoms. The van der Waals surface area contributed by atoms with Gasteiger partial charge in [-0.05, 0) is 6.07 Å². The van der Waals surface area contributed by atoms with Gasteiger partial charge in [0.2, 0.25) is 0 Å². The number of nitrogens with two attached hydrogens (primary N) is 1. The number of thiocarbonyl (C=S) groups is 1. The first-order valence-electron chi connectivity index (χ1n) is 3.34. The van der Waals surface area contributed by atoms with E-state index in [0.717, 1.165) is 0 Å². The van der Waals surface area contributed by atoms with Gasteiger partial charge in [0.15, 0.2) is 11.9 Å². The Morgan fingerprint density at radius 1 is 1.58 bits per heavy atom. The van der Waals surface area contributed by atoms with Gasteiger partial charge in [0.25, 0.3) is 0 Å². The summed E-state index contributed by atoms with van der Waals surface area (Å²) >= 11 is 4.77. The van der Waals surface area contributed by atoms with E-state index in [2.05, 4.69) is 9.97 Å². The molecule has 4 nitrogen and oxygen atoms in total. The molecule has 64 valence electrons. The van der Waals surface area contributed by atoms with E-state index in [-0.39, 0.29) is 4.99 Å². The lowest BCUT2D eigenvalue weighted by Crippen LogP contribution is -2.22. The molecule has 1 aromatic heterocycles. The topological polar surface area (TPSA) is 61.0 Å². The number of aromatic nitrogens is 2. The molecule has 0 aliphatic heterocycles. The van der Waals surface area contributed by atoms with Crippen LogP contribution in [0.4, 0.5) is 0 Å². The average molecular weight is 183 g/mol. The molecule has 0 saturated heterocycles. The first-order chi connectivity index (χ1) is 5.75. The van der Waals surface area contributed by atoms with Gasteiger partial charge < -0.3 is 10.5 Å². The Hall–Kier alpha value is -1.07. The van der Waals surface area contributed by atoms with Crippen molar-refractivity contribution in [3.63, 3.8) is 0 Å². The van der Waals surface area contributed by atoms with Crippen LogP contribution in [0.3, 0.4) is 0 Å². The van der Waals surface area contributed by atoms with Crippen molar-refractivity contribution in [2.75, 3.05) is 7.11 Å². The Balaban J connectivity index is 2.88. The van der Waals surface area contributed by atoms with Crippen molar-refractivity contribution in [1.82, 2.24) is 9.97 Å². The van der Waals surface area contributed by atoms with E-state index < -0.39 is 6.10 Å². The summed E-state index contributed by atoms with van der Waals surface area (Å²) in [6, 6.07) is 1.72. The van der Waals surface area contributed by atoms with Crippen LogP contribution >= 0.6 is 12.2 Å². The van der Waals surface area contributed by atoms with Crippen molar-refractivity contribution in [2.24, 2.45) is 5.73 Å². The lowest BCUT2D eigenvalue weighted by molar-refractivity contribution is 0.151. The Morgan fingerprint density at radius 3 is 2.58 bits per heavy atom. The Labute approximate surface area is 75.8 Å². The Bertz CT molecular complexity index is 265. The molecular weight excluding hydrogens is 174 g/mol. The Kier molecular flexibility index (Phi) is 3.07. The van der Waals surface area contributed by atoms with Crippen molar-refractivity contribution >= 4 is 17.2 Å². The highest BCUT2D eigenvalue weighted by Crippen LogP contribution is 2.10. The highest BCUT2D eigenvalue weighted by molar-refractivity contribution is 7.80. The predicted octanol–water partition coefficient (Wildman–Crippen LogP) is 0.450. The van der Waals surface area contributed by atoms with Crippen LogP contribution in [0.15, 0.2) is 18.5 Å². The fourth-order valence-electron chi connectivity index (χ4n) is 0.795. The number of hydrogen-bond donors (Lipinski definition) is 1. The molecule has 0 radical (unpaired) electrons. The second-order valence-corrected chi connectivity index (χ2v) is 2.60. The molecule has 0 aliphatic carbocycles. The maximum atomic E-state index is 5.41. The van der Waals surface area contributed by atoms with Crippen molar-refractivity contribution in [1.29, 1.82) is 0 Å². The molecule has 0 aromatic carbocycles. The monoisotopic (exact) mass is 183 g/mol. The molecule has 1 atom stereocenters. The van der Waals surface area contributed by atoms with Crippen LogP contribution in [0, 0.1) is 0 Å². The maximum Gasteiger partial charge on any atom is 0.166 e. The number of nitrogens with zero attached hydrogens (tertiary/aromatic N) is 2. The van der Waals surface area contributed by atoms with E-state index in [1.165, 1.54) is 7.11 Å². The zero-order chi connectivity index (χ0) is 8.97. The van der Waals surface area contributed by atoms with Crippen molar-refractivity contribution in [3.05, 3.63) is 24.3 Å². The molecule has 2 N–H and O–H groups in total. The summed E-state index contributed by atoms with van der Waals surface area (Å²) in [5.41, 5.74) is 5.41.